The minimum absolute atomic E-state index is 0.0185. The van der Waals surface area contributed by atoms with Crippen LogP contribution >= 0.6 is 0 Å². The molecule has 0 aliphatic heterocycles. The molecule has 0 saturated heterocycles. The molecule has 0 spiro atoms. The zero-order chi connectivity index (χ0) is 18.2. The Morgan fingerprint density at radius 2 is 2.00 bits per heavy atom. The fraction of sp³-hybridized carbons (Fsp3) is 0.211. The summed E-state index contributed by atoms with van der Waals surface area (Å²) in [4.78, 5) is 22.4. The summed E-state index contributed by atoms with van der Waals surface area (Å²) in [5, 5.41) is 13.5. The van der Waals surface area contributed by atoms with Gasteiger partial charge < -0.3 is 10.1 Å². The lowest BCUT2D eigenvalue weighted by molar-refractivity contribution is -0.384. The van der Waals surface area contributed by atoms with Gasteiger partial charge in [-0.2, -0.15) is 0 Å². The maximum absolute atomic E-state index is 12.1. The van der Waals surface area contributed by atoms with Gasteiger partial charge in [-0.05, 0) is 29.7 Å². The Bertz CT molecular complexity index is 784. The summed E-state index contributed by atoms with van der Waals surface area (Å²) in [6.45, 7) is 4.64. The maximum atomic E-state index is 12.1. The van der Waals surface area contributed by atoms with Crippen molar-refractivity contribution < 1.29 is 14.5 Å². The third-order valence-electron chi connectivity index (χ3n) is 3.23. The molecule has 0 aromatic heterocycles. The van der Waals surface area contributed by atoms with Crippen molar-refractivity contribution in [2.75, 3.05) is 11.9 Å². The van der Waals surface area contributed by atoms with Gasteiger partial charge in [0, 0.05) is 18.2 Å². The number of nitrogens with zero attached hydrogens (tertiary/aromatic N) is 1. The SMILES string of the molecule is CC(C)COc1ccccc1NC(=O)/C=C/c1cccc([N+](=O)[O-])c1. The van der Waals surface area contributed by atoms with Crippen LogP contribution in [0.5, 0.6) is 5.75 Å². The number of para-hydroxylation sites is 2. The van der Waals surface area contributed by atoms with E-state index in [9.17, 15) is 14.9 Å². The van der Waals surface area contributed by atoms with Crippen molar-refractivity contribution in [1.29, 1.82) is 0 Å². The minimum Gasteiger partial charge on any atom is -0.491 e. The van der Waals surface area contributed by atoms with Gasteiger partial charge in [-0.15, -0.1) is 0 Å². The first kappa shape index (κ1) is 18.2. The molecule has 6 nitrogen and oxygen atoms in total. The van der Waals surface area contributed by atoms with Crippen LogP contribution in [0.15, 0.2) is 54.6 Å². The lowest BCUT2D eigenvalue weighted by atomic mass is 10.2. The van der Waals surface area contributed by atoms with Gasteiger partial charge in [0.05, 0.1) is 17.2 Å². The number of amides is 1. The van der Waals surface area contributed by atoms with E-state index in [0.717, 1.165) is 0 Å². The molecule has 0 atom stereocenters. The van der Waals surface area contributed by atoms with E-state index in [-0.39, 0.29) is 11.6 Å². The predicted molar refractivity (Wildman–Crippen MR) is 97.5 cm³/mol. The number of ether oxygens (including phenoxy) is 1. The van der Waals surface area contributed by atoms with E-state index in [0.29, 0.717) is 29.5 Å². The number of benzene rings is 2. The standard InChI is InChI=1S/C19H20N2O4/c1-14(2)13-25-18-9-4-3-8-17(18)20-19(22)11-10-15-6-5-7-16(12-15)21(23)24/h3-12,14H,13H2,1-2H3,(H,20,22)/b11-10+. The van der Waals surface area contributed by atoms with Gasteiger partial charge in [0.2, 0.25) is 5.91 Å². The Hall–Kier alpha value is -3.15. The van der Waals surface area contributed by atoms with Gasteiger partial charge in [-0.3, -0.25) is 14.9 Å². The van der Waals surface area contributed by atoms with Crippen LogP contribution in [0, 0.1) is 16.0 Å². The molecule has 0 aliphatic rings. The van der Waals surface area contributed by atoms with E-state index in [4.69, 9.17) is 4.74 Å². The second-order valence-corrected chi connectivity index (χ2v) is 5.88. The lowest BCUT2D eigenvalue weighted by Gasteiger charge is -2.13. The van der Waals surface area contributed by atoms with Crippen LogP contribution in [0.4, 0.5) is 11.4 Å². The average Bonchev–Trinajstić information content (AvgIpc) is 2.59. The molecule has 2 aromatic rings. The zero-order valence-electron chi connectivity index (χ0n) is 14.1. The molecule has 1 N–H and O–H groups in total. The molecule has 2 rings (SSSR count). The van der Waals surface area contributed by atoms with Crippen LogP contribution in [0.25, 0.3) is 6.08 Å². The molecule has 6 heteroatoms. The number of nitro benzene ring substituents is 1. The number of rotatable bonds is 7. The first-order valence-corrected chi connectivity index (χ1v) is 7.91. The molecule has 0 fully saturated rings. The van der Waals surface area contributed by atoms with Crippen molar-refractivity contribution in [1.82, 2.24) is 0 Å². The highest BCUT2D eigenvalue weighted by Crippen LogP contribution is 2.24. The van der Waals surface area contributed by atoms with Gasteiger partial charge in [-0.25, -0.2) is 0 Å². The summed E-state index contributed by atoms with van der Waals surface area (Å²) >= 11 is 0. The van der Waals surface area contributed by atoms with Crippen molar-refractivity contribution >= 4 is 23.4 Å². The lowest BCUT2D eigenvalue weighted by Crippen LogP contribution is -2.11. The molecule has 0 radical (unpaired) electrons. The van der Waals surface area contributed by atoms with Gasteiger partial charge in [0.15, 0.2) is 0 Å². The molecular weight excluding hydrogens is 320 g/mol. The molecule has 0 unspecified atom stereocenters. The summed E-state index contributed by atoms with van der Waals surface area (Å²) in [5.74, 6) is 0.637. The number of nitrogens with one attached hydrogen (secondary N) is 1. The quantitative estimate of drug-likeness (QED) is 0.463. The van der Waals surface area contributed by atoms with Crippen LogP contribution in [0.3, 0.4) is 0 Å². The number of hydrogen-bond acceptors (Lipinski definition) is 4. The highest BCUT2D eigenvalue weighted by Gasteiger charge is 2.07. The summed E-state index contributed by atoms with van der Waals surface area (Å²) in [6, 6.07) is 13.3. The Labute approximate surface area is 146 Å². The van der Waals surface area contributed by atoms with E-state index in [1.165, 1.54) is 24.3 Å². The normalized spacial score (nSPS) is 10.8. The van der Waals surface area contributed by atoms with Crippen LogP contribution in [-0.4, -0.2) is 17.4 Å². The third kappa shape index (κ3) is 5.76. The molecule has 130 valence electrons. The zero-order valence-corrected chi connectivity index (χ0v) is 14.1. The summed E-state index contributed by atoms with van der Waals surface area (Å²) in [7, 11) is 0. The van der Waals surface area contributed by atoms with Crippen molar-refractivity contribution in [3.05, 3.63) is 70.3 Å². The number of carbonyl (C=O) groups is 1. The fourth-order valence-electron chi connectivity index (χ4n) is 2.04. The van der Waals surface area contributed by atoms with Crippen LogP contribution in [0.1, 0.15) is 19.4 Å². The van der Waals surface area contributed by atoms with Crippen LogP contribution in [-0.2, 0) is 4.79 Å². The van der Waals surface area contributed by atoms with Gasteiger partial charge in [0.25, 0.3) is 5.69 Å². The van der Waals surface area contributed by atoms with Gasteiger partial charge >= 0.3 is 0 Å². The van der Waals surface area contributed by atoms with E-state index in [2.05, 4.69) is 5.32 Å². The fourth-order valence-corrected chi connectivity index (χ4v) is 2.04. The smallest absolute Gasteiger partial charge is 0.270 e. The molecule has 0 heterocycles. The number of nitro groups is 1. The van der Waals surface area contributed by atoms with Crippen LogP contribution in [0.2, 0.25) is 0 Å². The van der Waals surface area contributed by atoms with Gasteiger partial charge in [0.1, 0.15) is 5.75 Å². The van der Waals surface area contributed by atoms with Gasteiger partial charge in [-0.1, -0.05) is 38.1 Å². The molecular formula is C19H20N2O4. The summed E-state index contributed by atoms with van der Waals surface area (Å²) < 4.78 is 5.69. The number of anilines is 1. The highest BCUT2D eigenvalue weighted by atomic mass is 16.6. The van der Waals surface area contributed by atoms with Crippen molar-refractivity contribution in [3.8, 4) is 5.75 Å². The highest BCUT2D eigenvalue weighted by molar-refractivity contribution is 6.02. The topological polar surface area (TPSA) is 81.5 Å². The average molecular weight is 340 g/mol. The molecule has 1 amide bonds. The second kappa shape index (κ2) is 8.63. The largest absolute Gasteiger partial charge is 0.491 e. The monoisotopic (exact) mass is 340 g/mol. The first-order chi connectivity index (χ1) is 12.0. The Kier molecular flexibility index (Phi) is 6.28. The van der Waals surface area contributed by atoms with E-state index in [1.54, 1.807) is 24.3 Å². The van der Waals surface area contributed by atoms with Crippen molar-refractivity contribution in [2.24, 2.45) is 5.92 Å². The molecule has 0 bridgehead atoms. The van der Waals surface area contributed by atoms with Crippen molar-refractivity contribution in [3.63, 3.8) is 0 Å². The Balaban J connectivity index is 2.05. The van der Waals surface area contributed by atoms with Crippen molar-refractivity contribution in [2.45, 2.75) is 13.8 Å². The second-order valence-electron chi connectivity index (χ2n) is 5.88. The molecule has 2 aromatic carbocycles. The number of hydrogen-bond donors (Lipinski definition) is 1. The maximum Gasteiger partial charge on any atom is 0.270 e. The molecule has 25 heavy (non-hydrogen) atoms. The van der Waals surface area contributed by atoms with E-state index in [1.807, 2.05) is 26.0 Å². The predicted octanol–water partition coefficient (Wildman–Crippen LogP) is 4.28. The summed E-state index contributed by atoms with van der Waals surface area (Å²) in [6.07, 6.45) is 2.86. The Morgan fingerprint density at radius 1 is 1.24 bits per heavy atom. The Morgan fingerprint density at radius 3 is 2.72 bits per heavy atom. The van der Waals surface area contributed by atoms with E-state index < -0.39 is 4.92 Å². The molecule has 0 saturated carbocycles. The number of carbonyl (C=O) groups excluding carboxylic acids is 1. The van der Waals surface area contributed by atoms with Crippen LogP contribution < -0.4 is 10.1 Å². The number of non-ortho nitro benzene ring substituents is 1. The van der Waals surface area contributed by atoms with E-state index >= 15 is 0 Å². The molecule has 0 aliphatic carbocycles. The first-order valence-electron chi connectivity index (χ1n) is 7.91. The third-order valence-corrected chi connectivity index (χ3v) is 3.23. The summed E-state index contributed by atoms with van der Waals surface area (Å²) in [5.41, 5.74) is 1.14. The minimum atomic E-state index is -0.472.